The van der Waals surface area contributed by atoms with E-state index in [-0.39, 0.29) is 11.1 Å². The van der Waals surface area contributed by atoms with Gasteiger partial charge in [0.15, 0.2) is 0 Å². The number of halogens is 1. The summed E-state index contributed by atoms with van der Waals surface area (Å²) >= 11 is 0. The fraction of sp³-hybridized carbons (Fsp3) is 0.462. The topological polar surface area (TPSA) is 52.6 Å². The highest BCUT2D eigenvalue weighted by Crippen LogP contribution is 2.39. The van der Waals surface area contributed by atoms with Crippen LogP contribution in [0.1, 0.15) is 36.5 Å². The van der Waals surface area contributed by atoms with E-state index in [0.29, 0.717) is 0 Å². The van der Waals surface area contributed by atoms with Gasteiger partial charge >= 0.3 is 0 Å². The van der Waals surface area contributed by atoms with Gasteiger partial charge in [-0.25, -0.2) is 9.87 Å². The number of rotatable bonds is 3. The maximum absolute atomic E-state index is 13.8. The van der Waals surface area contributed by atoms with Crippen molar-refractivity contribution in [3.8, 4) is 0 Å². The predicted octanol–water partition coefficient (Wildman–Crippen LogP) is 2.32. The molecule has 0 aliphatic heterocycles. The molecule has 0 heterocycles. The van der Waals surface area contributed by atoms with Gasteiger partial charge < -0.3 is 4.90 Å². The zero-order valence-electron chi connectivity index (χ0n) is 10.5. The van der Waals surface area contributed by atoms with Crippen LogP contribution in [0.15, 0.2) is 18.2 Å². The van der Waals surface area contributed by atoms with Crippen LogP contribution in [-0.4, -0.2) is 23.7 Å². The second-order valence-electron chi connectivity index (χ2n) is 5.01. The summed E-state index contributed by atoms with van der Waals surface area (Å²) in [6.45, 7) is 2.14. The molecule has 1 saturated carbocycles. The highest BCUT2D eigenvalue weighted by molar-refractivity contribution is 5.94. The molecule has 2 N–H and O–H groups in total. The zero-order chi connectivity index (χ0) is 13.3. The van der Waals surface area contributed by atoms with Crippen LogP contribution >= 0.6 is 0 Å². The van der Waals surface area contributed by atoms with Crippen LogP contribution in [-0.2, 0) is 0 Å². The van der Waals surface area contributed by atoms with Crippen molar-refractivity contribution >= 4 is 11.6 Å². The predicted molar refractivity (Wildman–Crippen MR) is 66.3 cm³/mol. The minimum absolute atomic E-state index is 0.0766. The maximum Gasteiger partial charge on any atom is 0.277 e. The number of anilines is 1. The largest absolute Gasteiger partial charge is 0.369 e. The first-order valence-corrected chi connectivity index (χ1v) is 5.96. The first kappa shape index (κ1) is 12.8. The third kappa shape index (κ3) is 2.06. The third-order valence-corrected chi connectivity index (χ3v) is 3.93. The Bertz CT molecular complexity index is 472. The summed E-state index contributed by atoms with van der Waals surface area (Å²) in [5.74, 6) is -1.47. The molecule has 0 spiro atoms. The summed E-state index contributed by atoms with van der Waals surface area (Å²) in [4.78, 5) is 13.2. The van der Waals surface area contributed by atoms with Crippen LogP contribution in [0, 0.1) is 5.82 Å². The summed E-state index contributed by atoms with van der Waals surface area (Å²) in [5, 5.41) is 8.49. The van der Waals surface area contributed by atoms with Crippen molar-refractivity contribution < 1.29 is 14.4 Å². The van der Waals surface area contributed by atoms with Gasteiger partial charge in [0, 0.05) is 18.3 Å². The van der Waals surface area contributed by atoms with Crippen molar-refractivity contribution in [3.63, 3.8) is 0 Å². The molecule has 1 aliphatic rings. The van der Waals surface area contributed by atoms with Gasteiger partial charge in [0.1, 0.15) is 5.82 Å². The normalized spacial score (nSPS) is 16.9. The van der Waals surface area contributed by atoms with E-state index in [0.717, 1.165) is 18.5 Å². The molecular weight excluding hydrogens is 235 g/mol. The summed E-state index contributed by atoms with van der Waals surface area (Å²) < 4.78 is 13.8. The number of nitrogens with one attached hydrogen (secondary N) is 1. The molecule has 1 aliphatic carbocycles. The first-order chi connectivity index (χ1) is 8.48. The minimum Gasteiger partial charge on any atom is -0.369 e. The van der Waals surface area contributed by atoms with Gasteiger partial charge in [-0.05, 0) is 44.4 Å². The van der Waals surface area contributed by atoms with E-state index in [1.54, 1.807) is 6.07 Å². The molecule has 0 bridgehead atoms. The molecule has 1 fully saturated rings. The molecule has 1 aromatic rings. The summed E-state index contributed by atoms with van der Waals surface area (Å²) in [7, 11) is 1.93. The Morgan fingerprint density at radius 3 is 2.61 bits per heavy atom. The van der Waals surface area contributed by atoms with Crippen molar-refractivity contribution in [2.75, 3.05) is 11.9 Å². The smallest absolute Gasteiger partial charge is 0.277 e. The molecule has 0 saturated heterocycles. The summed E-state index contributed by atoms with van der Waals surface area (Å²) in [6, 6.07) is 4.40. The highest BCUT2D eigenvalue weighted by atomic mass is 19.1. The number of carbonyl (C=O) groups excluding carboxylic acids is 1. The zero-order valence-corrected chi connectivity index (χ0v) is 10.5. The van der Waals surface area contributed by atoms with Gasteiger partial charge in [-0.3, -0.25) is 10.0 Å². The average molecular weight is 252 g/mol. The number of nitrogens with zero attached hydrogens (tertiary/aromatic N) is 1. The lowest BCUT2D eigenvalue weighted by molar-refractivity contribution is 0.0702. The van der Waals surface area contributed by atoms with Gasteiger partial charge in [0.2, 0.25) is 0 Å². The van der Waals surface area contributed by atoms with E-state index in [1.165, 1.54) is 24.0 Å². The van der Waals surface area contributed by atoms with Crippen molar-refractivity contribution in [1.82, 2.24) is 5.48 Å². The van der Waals surface area contributed by atoms with Crippen LogP contribution in [0.5, 0.6) is 0 Å². The molecule has 98 valence electrons. The first-order valence-electron chi connectivity index (χ1n) is 5.96. The monoisotopic (exact) mass is 252 g/mol. The molecular formula is C13H17FN2O2. The Kier molecular flexibility index (Phi) is 3.26. The lowest BCUT2D eigenvalue weighted by Crippen LogP contribution is -2.49. The Labute approximate surface area is 105 Å². The Balaban J connectivity index is 2.26. The van der Waals surface area contributed by atoms with E-state index < -0.39 is 11.7 Å². The van der Waals surface area contributed by atoms with Gasteiger partial charge in [-0.15, -0.1) is 0 Å². The van der Waals surface area contributed by atoms with Crippen molar-refractivity contribution in [2.24, 2.45) is 0 Å². The molecule has 0 atom stereocenters. The van der Waals surface area contributed by atoms with Crippen LogP contribution in [0.3, 0.4) is 0 Å². The number of hydroxylamine groups is 1. The SMILES string of the molecule is CN(c1ccc(C(=O)NO)c(F)c1)C1(C)CCC1. The molecule has 1 amide bonds. The van der Waals surface area contributed by atoms with Gasteiger partial charge in [0.25, 0.3) is 5.91 Å². The molecule has 0 unspecified atom stereocenters. The standard InChI is InChI=1S/C13H17FN2O2/c1-13(6-3-7-13)16(2)9-4-5-10(11(14)8-9)12(17)15-18/h4-5,8,18H,3,6-7H2,1-2H3,(H,15,17). The maximum atomic E-state index is 13.8. The second kappa shape index (κ2) is 4.57. The number of benzene rings is 1. The highest BCUT2D eigenvalue weighted by Gasteiger charge is 2.36. The van der Waals surface area contributed by atoms with E-state index in [1.807, 2.05) is 11.9 Å². The molecule has 4 nitrogen and oxygen atoms in total. The quantitative estimate of drug-likeness (QED) is 0.641. The number of hydrogen-bond acceptors (Lipinski definition) is 3. The van der Waals surface area contributed by atoms with Gasteiger partial charge in [-0.2, -0.15) is 0 Å². The molecule has 1 aromatic carbocycles. The Morgan fingerprint density at radius 1 is 1.50 bits per heavy atom. The van der Waals surface area contributed by atoms with Crippen molar-refractivity contribution in [2.45, 2.75) is 31.7 Å². The summed E-state index contributed by atoms with van der Waals surface area (Å²) in [5.41, 5.74) is 2.09. The third-order valence-electron chi connectivity index (χ3n) is 3.93. The number of hydrogen-bond donors (Lipinski definition) is 2. The van der Waals surface area contributed by atoms with E-state index in [4.69, 9.17) is 5.21 Å². The second-order valence-corrected chi connectivity index (χ2v) is 5.01. The van der Waals surface area contributed by atoms with Crippen LogP contribution in [0.4, 0.5) is 10.1 Å². The molecule has 5 heteroatoms. The fourth-order valence-corrected chi connectivity index (χ4v) is 2.29. The van der Waals surface area contributed by atoms with Crippen LogP contribution in [0.25, 0.3) is 0 Å². The van der Waals surface area contributed by atoms with E-state index in [2.05, 4.69) is 6.92 Å². The molecule has 0 aromatic heterocycles. The van der Waals surface area contributed by atoms with Crippen molar-refractivity contribution in [1.29, 1.82) is 0 Å². The number of amides is 1. The fourth-order valence-electron chi connectivity index (χ4n) is 2.29. The minimum atomic E-state index is -0.837. The molecule has 2 rings (SSSR count). The summed E-state index contributed by atoms with van der Waals surface area (Å²) in [6.07, 6.45) is 3.36. The Morgan fingerprint density at radius 2 is 2.17 bits per heavy atom. The van der Waals surface area contributed by atoms with Crippen LogP contribution < -0.4 is 10.4 Å². The van der Waals surface area contributed by atoms with Crippen LogP contribution in [0.2, 0.25) is 0 Å². The van der Waals surface area contributed by atoms with Crippen molar-refractivity contribution in [3.05, 3.63) is 29.6 Å². The van der Waals surface area contributed by atoms with E-state index in [9.17, 15) is 9.18 Å². The molecule has 0 radical (unpaired) electrons. The lowest BCUT2D eigenvalue weighted by Gasteiger charge is -2.47. The average Bonchev–Trinajstić information content (AvgIpc) is 2.34. The lowest BCUT2D eigenvalue weighted by atomic mass is 9.77. The Hall–Kier alpha value is -1.62. The van der Waals surface area contributed by atoms with Gasteiger partial charge in [-0.1, -0.05) is 0 Å². The number of carbonyl (C=O) groups is 1. The van der Waals surface area contributed by atoms with Gasteiger partial charge in [0.05, 0.1) is 5.56 Å². The molecule has 18 heavy (non-hydrogen) atoms. The van der Waals surface area contributed by atoms with E-state index >= 15 is 0 Å².